The highest BCUT2D eigenvalue weighted by Gasteiger charge is 2.37. The smallest absolute Gasteiger partial charge is 0.191 e. The molecule has 0 spiro atoms. The van der Waals surface area contributed by atoms with E-state index in [9.17, 15) is 5.11 Å². The fourth-order valence-corrected chi connectivity index (χ4v) is 3.23. The molecule has 1 aromatic carbocycles. The largest absolute Gasteiger partial charge is 0.416 e. The Labute approximate surface area is 143 Å². The molecule has 130 valence electrons. The number of benzene rings is 1. The van der Waals surface area contributed by atoms with Gasteiger partial charge in [-0.3, -0.25) is 0 Å². The average molecular weight is 335 g/mol. The second-order valence-electron chi connectivity index (χ2n) is 8.23. The van der Waals surface area contributed by atoms with Gasteiger partial charge in [-0.1, -0.05) is 70.2 Å². The number of hydrogen-bond donors (Lipinski definition) is 1. The van der Waals surface area contributed by atoms with Crippen LogP contribution >= 0.6 is 0 Å². The Morgan fingerprint density at radius 3 is 2.30 bits per heavy atom. The van der Waals surface area contributed by atoms with E-state index in [1.807, 2.05) is 18.2 Å². The Balaban J connectivity index is 2.45. The van der Waals surface area contributed by atoms with Gasteiger partial charge in [0.2, 0.25) is 0 Å². The molecule has 2 nitrogen and oxygen atoms in total. The van der Waals surface area contributed by atoms with Crippen molar-refractivity contribution in [1.29, 1.82) is 0 Å². The normalized spacial score (nSPS) is 15.3. The predicted octanol–water partition coefficient (Wildman–Crippen LogP) is 5.19. The van der Waals surface area contributed by atoms with Gasteiger partial charge in [-0.05, 0) is 36.5 Å². The van der Waals surface area contributed by atoms with Crippen molar-refractivity contribution < 1.29 is 9.53 Å². The molecule has 0 radical (unpaired) electrons. The second kappa shape index (κ2) is 8.27. The van der Waals surface area contributed by atoms with Crippen LogP contribution in [0.25, 0.3) is 0 Å². The van der Waals surface area contributed by atoms with Crippen molar-refractivity contribution in [1.82, 2.24) is 0 Å². The first-order chi connectivity index (χ1) is 10.5. The van der Waals surface area contributed by atoms with E-state index in [2.05, 4.69) is 59.5 Å². The topological polar surface area (TPSA) is 29.5 Å². The molecular formula is C20H34O2Si. The molecule has 0 unspecified atom stereocenters. The van der Waals surface area contributed by atoms with E-state index in [1.165, 1.54) is 5.56 Å². The summed E-state index contributed by atoms with van der Waals surface area (Å²) in [7, 11) is -1.75. The fourth-order valence-electron chi connectivity index (χ4n) is 2.12. The van der Waals surface area contributed by atoms with Gasteiger partial charge in [0, 0.05) is 12.5 Å². The zero-order valence-electron chi connectivity index (χ0n) is 15.7. The molecule has 2 atom stereocenters. The molecule has 0 aliphatic rings. The van der Waals surface area contributed by atoms with Gasteiger partial charge in [-0.15, -0.1) is 0 Å². The lowest BCUT2D eigenvalue weighted by molar-refractivity contribution is 0.0802. The van der Waals surface area contributed by atoms with Crippen LogP contribution in [-0.2, 0) is 10.8 Å². The Hall–Kier alpha value is -0.903. The molecular weight excluding hydrogens is 300 g/mol. The Morgan fingerprint density at radius 1 is 1.22 bits per heavy atom. The van der Waals surface area contributed by atoms with Gasteiger partial charge < -0.3 is 9.53 Å². The van der Waals surface area contributed by atoms with E-state index in [1.54, 1.807) is 0 Å². The lowest BCUT2D eigenvalue weighted by atomic mass is 9.95. The lowest BCUT2D eigenvalue weighted by Crippen LogP contribution is -2.42. The molecule has 0 amide bonds. The number of aliphatic hydroxyl groups excluding tert-OH is 1. The highest BCUT2D eigenvalue weighted by atomic mass is 28.4. The minimum atomic E-state index is -1.75. The van der Waals surface area contributed by atoms with E-state index in [0.29, 0.717) is 13.0 Å². The molecule has 0 saturated heterocycles. The van der Waals surface area contributed by atoms with Crippen molar-refractivity contribution in [2.45, 2.75) is 64.8 Å². The van der Waals surface area contributed by atoms with Crippen molar-refractivity contribution in [2.24, 2.45) is 5.92 Å². The molecule has 0 bridgehead atoms. The van der Waals surface area contributed by atoms with Crippen LogP contribution in [0.3, 0.4) is 0 Å². The third kappa shape index (κ3) is 6.62. The van der Waals surface area contributed by atoms with Gasteiger partial charge in [0.15, 0.2) is 8.32 Å². The van der Waals surface area contributed by atoms with Crippen LogP contribution in [0, 0.1) is 5.92 Å². The maximum Gasteiger partial charge on any atom is 0.191 e. The third-order valence-electron chi connectivity index (χ3n) is 4.96. The summed E-state index contributed by atoms with van der Waals surface area (Å²) in [6.07, 6.45) is 1.07. The standard InChI is InChI=1S/C20H34O2Si/c1-16(13-18-11-9-8-10-12-18)14-19(21)17(2)15-22-23(6,7)20(3,4)5/h8-12,17,19,21H,1,13-15H2,2-7H3/t17-,19-/m0/s1. The van der Waals surface area contributed by atoms with Crippen LogP contribution in [0.2, 0.25) is 18.1 Å². The first-order valence-electron chi connectivity index (χ1n) is 8.55. The van der Waals surface area contributed by atoms with Gasteiger partial charge in [0.05, 0.1) is 6.10 Å². The first-order valence-corrected chi connectivity index (χ1v) is 11.5. The van der Waals surface area contributed by atoms with Crippen LogP contribution in [0.1, 0.15) is 39.7 Å². The molecule has 1 rings (SSSR count). The zero-order chi connectivity index (χ0) is 17.7. The van der Waals surface area contributed by atoms with Crippen LogP contribution < -0.4 is 0 Å². The molecule has 1 aromatic rings. The first kappa shape index (κ1) is 20.1. The summed E-state index contributed by atoms with van der Waals surface area (Å²) in [6.45, 7) is 18.0. The minimum absolute atomic E-state index is 0.122. The van der Waals surface area contributed by atoms with Crippen LogP contribution in [0.4, 0.5) is 0 Å². The Kier molecular flexibility index (Phi) is 7.24. The van der Waals surface area contributed by atoms with Gasteiger partial charge in [-0.2, -0.15) is 0 Å². The highest BCUT2D eigenvalue weighted by Crippen LogP contribution is 2.37. The van der Waals surface area contributed by atoms with Gasteiger partial charge in [-0.25, -0.2) is 0 Å². The molecule has 0 aromatic heterocycles. The van der Waals surface area contributed by atoms with Crippen LogP contribution in [-0.4, -0.2) is 26.1 Å². The van der Waals surface area contributed by atoms with E-state index in [0.717, 1.165) is 12.0 Å². The third-order valence-corrected chi connectivity index (χ3v) is 9.47. The van der Waals surface area contributed by atoms with Crippen molar-refractivity contribution in [3.05, 3.63) is 48.0 Å². The van der Waals surface area contributed by atoms with E-state index in [4.69, 9.17) is 4.43 Å². The van der Waals surface area contributed by atoms with Crippen LogP contribution in [0.15, 0.2) is 42.5 Å². The van der Waals surface area contributed by atoms with Crippen LogP contribution in [0.5, 0.6) is 0 Å². The van der Waals surface area contributed by atoms with Crippen molar-refractivity contribution in [2.75, 3.05) is 6.61 Å². The second-order valence-corrected chi connectivity index (χ2v) is 13.0. The quantitative estimate of drug-likeness (QED) is 0.523. The summed E-state index contributed by atoms with van der Waals surface area (Å²) in [4.78, 5) is 0. The summed E-state index contributed by atoms with van der Waals surface area (Å²) < 4.78 is 6.23. The van der Waals surface area contributed by atoms with Gasteiger partial charge >= 0.3 is 0 Å². The predicted molar refractivity (Wildman–Crippen MR) is 102 cm³/mol. The SMILES string of the molecule is C=C(Cc1ccccc1)C[C@H](O)[C@@H](C)CO[Si](C)(C)C(C)(C)C. The number of rotatable bonds is 8. The van der Waals surface area contributed by atoms with E-state index < -0.39 is 14.4 Å². The molecule has 0 heterocycles. The minimum Gasteiger partial charge on any atom is -0.416 e. The molecule has 0 fully saturated rings. The van der Waals surface area contributed by atoms with Crippen molar-refractivity contribution in [3.63, 3.8) is 0 Å². The summed E-state index contributed by atoms with van der Waals surface area (Å²) in [5.41, 5.74) is 2.32. The molecule has 0 aliphatic heterocycles. The van der Waals surface area contributed by atoms with Gasteiger partial charge in [0.25, 0.3) is 0 Å². The Bertz CT molecular complexity index is 488. The van der Waals surface area contributed by atoms with E-state index in [-0.39, 0.29) is 11.0 Å². The number of hydrogen-bond acceptors (Lipinski definition) is 2. The average Bonchev–Trinajstić information content (AvgIpc) is 2.44. The summed E-state index contributed by atoms with van der Waals surface area (Å²) >= 11 is 0. The maximum atomic E-state index is 10.4. The number of aliphatic hydroxyl groups is 1. The molecule has 1 N–H and O–H groups in total. The highest BCUT2D eigenvalue weighted by molar-refractivity contribution is 6.74. The van der Waals surface area contributed by atoms with Crippen molar-refractivity contribution in [3.8, 4) is 0 Å². The van der Waals surface area contributed by atoms with Crippen molar-refractivity contribution >= 4 is 8.32 Å². The maximum absolute atomic E-state index is 10.4. The molecule has 3 heteroatoms. The zero-order valence-corrected chi connectivity index (χ0v) is 16.7. The fraction of sp³-hybridized carbons (Fsp3) is 0.600. The summed E-state index contributed by atoms with van der Waals surface area (Å²) in [5, 5.41) is 10.6. The Morgan fingerprint density at radius 2 is 1.78 bits per heavy atom. The summed E-state index contributed by atoms with van der Waals surface area (Å²) in [5.74, 6) is 0.122. The molecule has 0 saturated carbocycles. The molecule has 0 aliphatic carbocycles. The lowest BCUT2D eigenvalue weighted by Gasteiger charge is -2.37. The summed E-state index contributed by atoms with van der Waals surface area (Å²) in [6, 6.07) is 10.3. The van der Waals surface area contributed by atoms with Gasteiger partial charge in [0.1, 0.15) is 0 Å². The monoisotopic (exact) mass is 334 g/mol. The van der Waals surface area contributed by atoms with E-state index >= 15 is 0 Å². The molecule has 23 heavy (non-hydrogen) atoms.